The zero-order valence-electron chi connectivity index (χ0n) is 13.3. The molecule has 1 aliphatic rings. The Balaban J connectivity index is 2.43. The number of nitrogens with two attached hydrogens (primary N) is 1. The van der Waals surface area contributed by atoms with Gasteiger partial charge in [0, 0.05) is 5.02 Å². The highest BCUT2D eigenvalue weighted by Crippen LogP contribution is 2.43. The maximum absolute atomic E-state index is 12.9. The van der Waals surface area contributed by atoms with Crippen LogP contribution in [-0.2, 0) is 4.79 Å². The van der Waals surface area contributed by atoms with Gasteiger partial charge in [0.2, 0.25) is 5.91 Å². The number of amides is 1. The second-order valence-corrected chi connectivity index (χ2v) is 6.94. The van der Waals surface area contributed by atoms with Crippen molar-refractivity contribution in [3.8, 4) is 6.07 Å². The van der Waals surface area contributed by atoms with E-state index in [-0.39, 0.29) is 12.1 Å². The molecule has 1 fully saturated rings. The molecule has 0 aliphatic carbocycles. The first-order chi connectivity index (χ1) is 10.8. The number of carbonyl (C=O) groups is 1. The number of nitrogens with zero attached hydrogens (tertiary/aromatic N) is 2. The van der Waals surface area contributed by atoms with Crippen LogP contribution in [0, 0.1) is 16.7 Å². The Kier molecular flexibility index (Phi) is 5.28. The van der Waals surface area contributed by atoms with E-state index in [1.807, 2.05) is 12.1 Å². The smallest absolute Gasteiger partial charge is 0.243 e. The highest BCUT2D eigenvalue weighted by molar-refractivity contribution is 6.30. The van der Waals surface area contributed by atoms with Crippen LogP contribution in [0.3, 0.4) is 0 Å². The molecule has 0 spiro atoms. The zero-order valence-corrected chi connectivity index (χ0v) is 14.1. The van der Waals surface area contributed by atoms with Crippen molar-refractivity contribution in [2.45, 2.75) is 44.8 Å². The van der Waals surface area contributed by atoms with Crippen LogP contribution in [0.5, 0.6) is 0 Å². The van der Waals surface area contributed by atoms with Gasteiger partial charge in [-0.2, -0.15) is 5.26 Å². The molecule has 0 saturated carbocycles. The molecule has 0 unspecified atom stereocenters. The molecular weight excluding hydrogens is 317 g/mol. The monoisotopic (exact) mass is 337 g/mol. The normalized spacial score (nSPS) is 22.7. The lowest BCUT2D eigenvalue weighted by Crippen LogP contribution is -2.51. The number of nitriles is 1. The van der Waals surface area contributed by atoms with Crippen LogP contribution in [0.2, 0.25) is 5.02 Å². The van der Waals surface area contributed by atoms with Crippen molar-refractivity contribution < 1.29 is 9.18 Å². The standard InChI is InChI=1S/C17H21ClFN3O/c1-17(2,10-20)15-7-6-14(11-4-3-5-12(18)8-11)22(15)16(23)13(21)9-19/h3-5,8,13-15H,6-7,9,21H2,1-2H3/t13-,14+,15-/m1/s1. The van der Waals surface area contributed by atoms with E-state index in [4.69, 9.17) is 17.3 Å². The van der Waals surface area contributed by atoms with E-state index in [0.717, 1.165) is 5.56 Å². The third-order valence-electron chi connectivity index (χ3n) is 4.48. The largest absolute Gasteiger partial charge is 0.330 e. The number of halogens is 2. The maximum atomic E-state index is 12.9. The van der Waals surface area contributed by atoms with Gasteiger partial charge in [0.25, 0.3) is 0 Å². The zero-order chi connectivity index (χ0) is 17.2. The molecule has 1 amide bonds. The maximum Gasteiger partial charge on any atom is 0.243 e. The molecule has 1 aromatic rings. The lowest BCUT2D eigenvalue weighted by Gasteiger charge is -2.37. The number of carbonyl (C=O) groups excluding carboxylic acids is 1. The van der Waals surface area contributed by atoms with Gasteiger partial charge >= 0.3 is 0 Å². The summed E-state index contributed by atoms with van der Waals surface area (Å²) >= 11 is 6.05. The lowest BCUT2D eigenvalue weighted by atomic mass is 9.84. The molecule has 1 aromatic carbocycles. The van der Waals surface area contributed by atoms with Crippen LogP contribution >= 0.6 is 11.6 Å². The van der Waals surface area contributed by atoms with E-state index < -0.39 is 24.0 Å². The summed E-state index contributed by atoms with van der Waals surface area (Å²) < 4.78 is 12.9. The van der Waals surface area contributed by atoms with Crippen LogP contribution in [0.4, 0.5) is 4.39 Å². The van der Waals surface area contributed by atoms with E-state index in [0.29, 0.717) is 17.9 Å². The second kappa shape index (κ2) is 6.86. The van der Waals surface area contributed by atoms with E-state index in [9.17, 15) is 14.4 Å². The Morgan fingerprint density at radius 3 is 2.83 bits per heavy atom. The highest BCUT2D eigenvalue weighted by atomic mass is 35.5. The van der Waals surface area contributed by atoms with Gasteiger partial charge in [-0.3, -0.25) is 4.79 Å². The third-order valence-corrected chi connectivity index (χ3v) is 4.71. The quantitative estimate of drug-likeness (QED) is 0.917. The summed E-state index contributed by atoms with van der Waals surface area (Å²) in [4.78, 5) is 14.2. The molecule has 2 N–H and O–H groups in total. The number of likely N-dealkylation sites (tertiary alicyclic amines) is 1. The average molecular weight is 338 g/mol. The summed E-state index contributed by atoms with van der Waals surface area (Å²) in [6, 6.07) is 7.78. The Morgan fingerprint density at radius 1 is 1.57 bits per heavy atom. The van der Waals surface area contributed by atoms with Crippen LogP contribution in [0.25, 0.3) is 0 Å². The molecule has 1 aliphatic heterocycles. The predicted molar refractivity (Wildman–Crippen MR) is 87.4 cm³/mol. The van der Waals surface area contributed by atoms with Gasteiger partial charge in [0.15, 0.2) is 0 Å². The topological polar surface area (TPSA) is 70.1 Å². The van der Waals surface area contributed by atoms with E-state index in [1.54, 1.807) is 30.9 Å². The minimum atomic E-state index is -1.20. The first-order valence-corrected chi connectivity index (χ1v) is 8.00. The molecule has 124 valence electrons. The van der Waals surface area contributed by atoms with Crippen LogP contribution < -0.4 is 5.73 Å². The second-order valence-electron chi connectivity index (χ2n) is 6.50. The van der Waals surface area contributed by atoms with E-state index in [1.165, 1.54) is 0 Å². The summed E-state index contributed by atoms with van der Waals surface area (Å²) in [6.07, 6.45) is 1.36. The van der Waals surface area contributed by atoms with Gasteiger partial charge in [0.05, 0.1) is 23.6 Å². The minimum absolute atomic E-state index is 0.239. The highest BCUT2D eigenvalue weighted by Gasteiger charge is 2.46. The molecule has 1 saturated heterocycles. The van der Waals surface area contributed by atoms with Gasteiger partial charge < -0.3 is 10.6 Å². The van der Waals surface area contributed by atoms with Crippen molar-refractivity contribution in [3.63, 3.8) is 0 Å². The molecule has 4 nitrogen and oxygen atoms in total. The van der Waals surface area contributed by atoms with Crippen molar-refractivity contribution in [3.05, 3.63) is 34.9 Å². The fraction of sp³-hybridized carbons (Fsp3) is 0.529. The lowest BCUT2D eigenvalue weighted by molar-refractivity contribution is -0.137. The van der Waals surface area contributed by atoms with Crippen molar-refractivity contribution in [1.82, 2.24) is 4.90 Å². The average Bonchev–Trinajstić information content (AvgIpc) is 2.99. The fourth-order valence-corrected chi connectivity index (χ4v) is 3.40. The summed E-state index contributed by atoms with van der Waals surface area (Å²) in [5, 5.41) is 10.0. The Hall–Kier alpha value is -1.64. The van der Waals surface area contributed by atoms with Crippen LogP contribution in [-0.4, -0.2) is 29.6 Å². The van der Waals surface area contributed by atoms with Crippen LogP contribution in [0.1, 0.15) is 38.3 Å². The van der Waals surface area contributed by atoms with Gasteiger partial charge in [-0.25, -0.2) is 4.39 Å². The predicted octanol–water partition coefficient (Wildman–Crippen LogP) is 3.22. The Morgan fingerprint density at radius 2 is 2.26 bits per heavy atom. The molecule has 0 bridgehead atoms. The first kappa shape index (κ1) is 17.7. The number of rotatable bonds is 4. The molecule has 6 heteroatoms. The molecule has 2 rings (SSSR count). The SMILES string of the molecule is CC(C)(C#N)[C@H]1CC[C@@H](c2cccc(Cl)c2)N1C(=O)[C@H](N)CF. The van der Waals surface area contributed by atoms with E-state index >= 15 is 0 Å². The summed E-state index contributed by atoms with van der Waals surface area (Å²) in [5.41, 5.74) is 5.78. The summed E-state index contributed by atoms with van der Waals surface area (Å²) in [5.74, 6) is -0.455. The van der Waals surface area contributed by atoms with Crippen molar-refractivity contribution in [2.24, 2.45) is 11.1 Å². The molecule has 0 radical (unpaired) electrons. The number of alkyl halides is 1. The van der Waals surface area contributed by atoms with Crippen molar-refractivity contribution in [2.75, 3.05) is 6.67 Å². The number of benzene rings is 1. The van der Waals surface area contributed by atoms with Gasteiger partial charge in [-0.15, -0.1) is 0 Å². The molecule has 1 heterocycles. The first-order valence-electron chi connectivity index (χ1n) is 7.62. The van der Waals surface area contributed by atoms with Gasteiger partial charge in [-0.1, -0.05) is 23.7 Å². The minimum Gasteiger partial charge on any atom is -0.330 e. The van der Waals surface area contributed by atoms with Crippen molar-refractivity contribution in [1.29, 1.82) is 5.26 Å². The fourth-order valence-electron chi connectivity index (χ4n) is 3.20. The van der Waals surface area contributed by atoms with Gasteiger partial charge in [0.1, 0.15) is 12.7 Å². The number of hydrogen-bond acceptors (Lipinski definition) is 3. The Labute approximate surface area is 141 Å². The molecule has 0 aromatic heterocycles. The summed E-state index contributed by atoms with van der Waals surface area (Å²) in [6.45, 7) is 2.66. The van der Waals surface area contributed by atoms with Crippen LogP contribution in [0.15, 0.2) is 24.3 Å². The molecule has 3 atom stereocenters. The van der Waals surface area contributed by atoms with E-state index in [2.05, 4.69) is 6.07 Å². The molecular formula is C17H21ClFN3O. The summed E-state index contributed by atoms with van der Waals surface area (Å²) in [7, 11) is 0. The molecule has 23 heavy (non-hydrogen) atoms. The number of hydrogen-bond donors (Lipinski definition) is 1. The Bertz CT molecular complexity index is 629. The van der Waals surface area contributed by atoms with Crippen molar-refractivity contribution >= 4 is 17.5 Å². The van der Waals surface area contributed by atoms with Gasteiger partial charge in [-0.05, 0) is 44.4 Å². The third kappa shape index (κ3) is 3.49.